The van der Waals surface area contributed by atoms with Crippen molar-refractivity contribution in [3.63, 3.8) is 0 Å². The minimum atomic E-state index is -5.69. The molecule has 0 atom stereocenters. The summed E-state index contributed by atoms with van der Waals surface area (Å²) < 4.78 is 80.6. The van der Waals surface area contributed by atoms with Gasteiger partial charge >= 0.3 is 5.51 Å². The van der Waals surface area contributed by atoms with E-state index in [0.717, 1.165) is 25.1 Å². The minimum absolute atomic E-state index is 0.0239. The molecule has 0 heterocycles. The minimum Gasteiger partial charge on any atom is -0.456 e. The fourth-order valence-electron chi connectivity index (χ4n) is 2.03. The van der Waals surface area contributed by atoms with Crippen LogP contribution in [0.25, 0.3) is 0 Å². The van der Waals surface area contributed by atoms with E-state index in [0.29, 0.717) is 6.07 Å². The second-order valence-corrected chi connectivity index (χ2v) is 8.17. The molecule has 2 aromatic rings. The van der Waals surface area contributed by atoms with Gasteiger partial charge in [-0.1, -0.05) is 11.6 Å². The molecule has 1 N–H and O–H groups in total. The van der Waals surface area contributed by atoms with Gasteiger partial charge < -0.3 is 10.1 Å². The average Bonchev–Trinajstić information content (AvgIpc) is 2.46. The quantitative estimate of drug-likeness (QED) is 0.456. The van der Waals surface area contributed by atoms with Crippen molar-refractivity contribution in [1.82, 2.24) is 0 Å². The van der Waals surface area contributed by atoms with Crippen LogP contribution in [0.1, 0.15) is 12.5 Å². The molecule has 4 nitrogen and oxygen atoms in total. The maximum absolute atomic E-state index is 13.4. The van der Waals surface area contributed by atoms with Gasteiger partial charge in [-0.05, 0) is 47.1 Å². The van der Waals surface area contributed by atoms with Gasteiger partial charge in [0.25, 0.3) is 9.84 Å². The van der Waals surface area contributed by atoms with Crippen LogP contribution in [-0.2, 0) is 9.84 Å². The third-order valence-corrected chi connectivity index (χ3v) is 5.64. The third kappa shape index (κ3) is 4.02. The lowest BCUT2D eigenvalue weighted by molar-refractivity contribution is -0.0436. The molecule has 0 aliphatic carbocycles. The zero-order chi connectivity index (χ0) is 19.9. The van der Waals surface area contributed by atoms with E-state index in [2.05, 4.69) is 15.9 Å². The lowest BCUT2D eigenvalue weighted by Gasteiger charge is -2.16. The summed E-state index contributed by atoms with van der Waals surface area (Å²) in [6.07, 6.45) is 0. The second-order valence-electron chi connectivity index (χ2n) is 5.03. The number of alkyl halides is 3. The first-order chi connectivity index (χ1) is 11.8. The molecule has 0 saturated carbocycles. The number of halogens is 6. The lowest BCUT2D eigenvalue weighted by atomic mass is 10.1. The van der Waals surface area contributed by atoms with Gasteiger partial charge in [-0.2, -0.15) is 13.2 Å². The van der Waals surface area contributed by atoms with Crippen molar-refractivity contribution >= 4 is 43.1 Å². The summed E-state index contributed by atoms with van der Waals surface area (Å²) in [5, 5.41) is 7.67. The maximum atomic E-state index is 13.4. The van der Waals surface area contributed by atoms with E-state index in [4.69, 9.17) is 21.7 Å². The van der Waals surface area contributed by atoms with E-state index in [9.17, 15) is 26.0 Å². The highest BCUT2D eigenvalue weighted by Crippen LogP contribution is 2.40. The number of hydrogen-bond acceptors (Lipinski definition) is 4. The van der Waals surface area contributed by atoms with Crippen LogP contribution < -0.4 is 4.74 Å². The highest BCUT2D eigenvalue weighted by molar-refractivity contribution is 9.10. The van der Waals surface area contributed by atoms with Crippen molar-refractivity contribution in [2.45, 2.75) is 17.3 Å². The van der Waals surface area contributed by atoms with Gasteiger partial charge in [0.1, 0.15) is 17.3 Å². The summed E-state index contributed by atoms with van der Waals surface area (Å²) in [7, 11) is -5.69. The van der Waals surface area contributed by atoms with Crippen molar-refractivity contribution in [2.75, 3.05) is 0 Å². The molecule has 140 valence electrons. The van der Waals surface area contributed by atoms with E-state index in [-0.39, 0.29) is 21.0 Å². The normalized spacial score (nSPS) is 12.1. The monoisotopic (exact) mass is 473 g/mol. The predicted octanol–water partition coefficient (Wildman–Crippen LogP) is 5.72. The summed E-state index contributed by atoms with van der Waals surface area (Å²) in [5.74, 6) is -0.881. The maximum Gasteiger partial charge on any atom is 0.501 e. The molecule has 0 aromatic heterocycles. The Hall–Kier alpha value is -1.65. The molecule has 0 radical (unpaired) electrons. The molecule has 26 heavy (non-hydrogen) atoms. The van der Waals surface area contributed by atoms with Crippen LogP contribution in [0.3, 0.4) is 0 Å². The molecule has 0 saturated heterocycles. The number of ether oxygens (including phenoxy) is 1. The van der Waals surface area contributed by atoms with Crippen LogP contribution in [0.15, 0.2) is 39.7 Å². The number of nitrogens with one attached hydrogen (secondary N) is 1. The summed E-state index contributed by atoms with van der Waals surface area (Å²) >= 11 is 8.67. The number of hydrogen-bond donors (Lipinski definition) is 1. The molecule has 2 aromatic carbocycles. The first-order valence-electron chi connectivity index (χ1n) is 6.68. The Kier molecular flexibility index (Phi) is 5.69. The van der Waals surface area contributed by atoms with Gasteiger partial charge in [0.15, 0.2) is 0 Å². The molecular weight excluding hydrogens is 466 g/mol. The van der Waals surface area contributed by atoms with E-state index >= 15 is 0 Å². The van der Waals surface area contributed by atoms with Crippen LogP contribution in [-0.4, -0.2) is 19.6 Å². The highest BCUT2D eigenvalue weighted by atomic mass is 79.9. The molecular formula is C15H9BrClF4NO3S. The highest BCUT2D eigenvalue weighted by Gasteiger charge is 2.48. The molecule has 0 amide bonds. The zero-order valence-electron chi connectivity index (χ0n) is 12.8. The van der Waals surface area contributed by atoms with Crippen molar-refractivity contribution < 1.29 is 30.7 Å². The molecule has 0 aliphatic heterocycles. The number of rotatable bonds is 4. The number of sulfone groups is 1. The topological polar surface area (TPSA) is 67.2 Å². The Balaban J connectivity index is 2.63. The summed E-state index contributed by atoms with van der Waals surface area (Å²) in [4.78, 5) is -1.09. The largest absolute Gasteiger partial charge is 0.501 e. The van der Waals surface area contributed by atoms with E-state index in [1.807, 2.05) is 0 Å². The Bertz CT molecular complexity index is 973. The van der Waals surface area contributed by atoms with Gasteiger partial charge in [0.2, 0.25) is 0 Å². The van der Waals surface area contributed by atoms with Crippen molar-refractivity contribution in [3.05, 3.63) is 51.2 Å². The standard InChI is InChI=1S/C15H9BrClF4NO3S/c1-7(22)13-12(26(23,24)15(19,20)21)3-2-11(14(13)16)25-10-5-8(17)4-9(18)6-10/h2-6,22H,1H3. The predicted molar refractivity (Wildman–Crippen MR) is 91.4 cm³/mol. The van der Waals surface area contributed by atoms with E-state index in [1.165, 1.54) is 6.07 Å². The average molecular weight is 475 g/mol. The SMILES string of the molecule is CC(=N)c1c(S(=O)(=O)C(F)(F)F)ccc(Oc2cc(F)cc(Cl)c2)c1Br. The van der Waals surface area contributed by atoms with Crippen LogP contribution in [0.2, 0.25) is 5.02 Å². The Morgan fingerprint density at radius 2 is 1.85 bits per heavy atom. The van der Waals surface area contributed by atoms with Crippen LogP contribution >= 0.6 is 27.5 Å². The second kappa shape index (κ2) is 7.16. The van der Waals surface area contributed by atoms with Gasteiger partial charge in [0.05, 0.1) is 9.37 Å². The Morgan fingerprint density at radius 3 is 2.35 bits per heavy atom. The summed E-state index contributed by atoms with van der Waals surface area (Å²) in [6, 6.07) is 4.91. The van der Waals surface area contributed by atoms with Crippen LogP contribution in [0, 0.1) is 11.2 Å². The smallest absolute Gasteiger partial charge is 0.456 e. The zero-order valence-corrected chi connectivity index (χ0v) is 15.9. The summed E-state index contributed by atoms with van der Waals surface area (Å²) in [5.41, 5.74) is -6.49. The summed E-state index contributed by atoms with van der Waals surface area (Å²) in [6.45, 7) is 1.12. The Labute approximate surface area is 159 Å². The van der Waals surface area contributed by atoms with E-state index in [1.54, 1.807) is 0 Å². The molecule has 11 heteroatoms. The van der Waals surface area contributed by atoms with Gasteiger partial charge in [-0.25, -0.2) is 12.8 Å². The van der Waals surface area contributed by atoms with Gasteiger partial charge in [-0.3, -0.25) is 0 Å². The molecule has 0 unspecified atom stereocenters. The Morgan fingerprint density at radius 1 is 1.23 bits per heavy atom. The molecule has 0 fully saturated rings. The van der Waals surface area contributed by atoms with Crippen molar-refractivity contribution in [2.24, 2.45) is 0 Å². The molecule has 2 rings (SSSR count). The molecule has 0 aliphatic rings. The van der Waals surface area contributed by atoms with Gasteiger partial charge in [-0.15, -0.1) is 0 Å². The molecule has 0 bridgehead atoms. The first kappa shape index (κ1) is 20.7. The van der Waals surface area contributed by atoms with E-state index < -0.39 is 37.3 Å². The first-order valence-corrected chi connectivity index (χ1v) is 9.33. The fraction of sp³-hybridized carbons (Fsp3) is 0.133. The van der Waals surface area contributed by atoms with Gasteiger partial charge in [0, 0.05) is 22.4 Å². The van der Waals surface area contributed by atoms with Crippen LogP contribution in [0.4, 0.5) is 17.6 Å². The fourth-order valence-corrected chi connectivity index (χ4v) is 4.12. The van der Waals surface area contributed by atoms with Crippen molar-refractivity contribution in [3.8, 4) is 11.5 Å². The third-order valence-electron chi connectivity index (χ3n) is 3.10. The van der Waals surface area contributed by atoms with Crippen molar-refractivity contribution in [1.29, 1.82) is 5.41 Å². The molecule has 0 spiro atoms. The number of benzene rings is 2. The van der Waals surface area contributed by atoms with Crippen LogP contribution in [0.5, 0.6) is 11.5 Å². The lowest BCUT2D eigenvalue weighted by Crippen LogP contribution is -2.25.